The fourth-order valence-corrected chi connectivity index (χ4v) is 3.81. The van der Waals surface area contributed by atoms with Crippen LogP contribution in [0, 0.1) is 5.92 Å². The summed E-state index contributed by atoms with van der Waals surface area (Å²) in [6, 6.07) is 0. The highest BCUT2D eigenvalue weighted by Gasteiger charge is 2.50. The highest BCUT2D eigenvalue weighted by atomic mass is 16.5. The van der Waals surface area contributed by atoms with E-state index in [1.165, 1.54) is 38.5 Å². The Kier molecular flexibility index (Phi) is 3.81. The molecule has 2 nitrogen and oxygen atoms in total. The summed E-state index contributed by atoms with van der Waals surface area (Å²) in [4.78, 5) is 0. The number of ether oxygens (including phenoxy) is 2. The summed E-state index contributed by atoms with van der Waals surface area (Å²) in [6.45, 7) is 8.99. The van der Waals surface area contributed by atoms with Gasteiger partial charge in [-0.05, 0) is 78.6 Å². The number of fused-ring (bicyclic) bond motifs is 3. The zero-order valence-corrected chi connectivity index (χ0v) is 12.8. The zero-order valence-electron chi connectivity index (χ0n) is 12.8. The molecule has 0 aromatic heterocycles. The molecule has 0 N–H and O–H groups in total. The molecule has 2 bridgehead atoms. The van der Waals surface area contributed by atoms with Crippen molar-refractivity contribution >= 4 is 0 Å². The zero-order chi connectivity index (χ0) is 13.4. The fourth-order valence-electron chi connectivity index (χ4n) is 3.81. The maximum Gasteiger partial charge on any atom is 0.0690 e. The van der Waals surface area contributed by atoms with Gasteiger partial charge in [-0.25, -0.2) is 0 Å². The van der Waals surface area contributed by atoms with Gasteiger partial charge in [-0.1, -0.05) is 0 Å². The van der Waals surface area contributed by atoms with Crippen LogP contribution in [0.25, 0.3) is 0 Å². The molecule has 2 aliphatic heterocycles. The average molecular weight is 254 g/mol. The van der Waals surface area contributed by atoms with Crippen molar-refractivity contribution in [2.45, 2.75) is 89.4 Å². The van der Waals surface area contributed by atoms with Crippen molar-refractivity contribution in [2.75, 3.05) is 7.11 Å². The van der Waals surface area contributed by atoms with Gasteiger partial charge in [0, 0.05) is 7.11 Å². The molecule has 1 unspecified atom stereocenters. The molecule has 3 rings (SSSR count). The third-order valence-corrected chi connectivity index (χ3v) is 5.39. The number of rotatable bonds is 5. The molecule has 1 saturated carbocycles. The third-order valence-electron chi connectivity index (χ3n) is 5.39. The molecule has 2 saturated heterocycles. The first kappa shape index (κ1) is 14.3. The lowest BCUT2D eigenvalue weighted by Gasteiger charge is -2.55. The van der Waals surface area contributed by atoms with Gasteiger partial charge in [-0.15, -0.1) is 0 Å². The lowest BCUT2D eigenvalue weighted by molar-refractivity contribution is -0.241. The highest BCUT2D eigenvalue weighted by molar-refractivity contribution is 5.00. The minimum atomic E-state index is 0.00788. The molecule has 0 aromatic carbocycles. The molecule has 1 atom stereocenters. The van der Waals surface area contributed by atoms with Crippen LogP contribution < -0.4 is 0 Å². The first-order valence-corrected chi connectivity index (χ1v) is 7.54. The molecule has 3 aliphatic rings. The summed E-state index contributed by atoms with van der Waals surface area (Å²) >= 11 is 0. The summed E-state index contributed by atoms with van der Waals surface area (Å²) in [5.74, 6) is 0.782. The van der Waals surface area contributed by atoms with E-state index >= 15 is 0 Å². The second-order valence-corrected chi connectivity index (χ2v) is 7.46. The highest BCUT2D eigenvalue weighted by Crippen LogP contribution is 2.51. The van der Waals surface area contributed by atoms with E-state index in [-0.39, 0.29) is 16.8 Å². The van der Waals surface area contributed by atoms with Gasteiger partial charge in [-0.3, -0.25) is 0 Å². The van der Waals surface area contributed by atoms with Crippen LogP contribution in [0.4, 0.5) is 0 Å². The summed E-state index contributed by atoms with van der Waals surface area (Å²) < 4.78 is 12.0. The molecule has 2 heteroatoms. The average Bonchev–Trinajstić information content (AvgIpc) is 2.28. The Morgan fingerprint density at radius 2 is 1.83 bits per heavy atom. The van der Waals surface area contributed by atoms with Crippen LogP contribution in [0.5, 0.6) is 0 Å². The fraction of sp³-hybridized carbons (Fsp3) is 1.00. The maximum atomic E-state index is 6.47. The van der Waals surface area contributed by atoms with E-state index in [1.807, 2.05) is 7.11 Å². The number of hydrogen-bond acceptors (Lipinski definition) is 2. The topological polar surface area (TPSA) is 18.5 Å². The smallest absolute Gasteiger partial charge is 0.0690 e. The Bertz CT molecular complexity index is 289. The predicted octanol–water partition coefficient (Wildman–Crippen LogP) is 4.32. The van der Waals surface area contributed by atoms with E-state index in [0.717, 1.165) is 12.3 Å². The Hall–Kier alpha value is -0.0800. The van der Waals surface area contributed by atoms with Crippen LogP contribution in [0.15, 0.2) is 0 Å². The van der Waals surface area contributed by atoms with E-state index in [0.29, 0.717) is 0 Å². The van der Waals surface area contributed by atoms with Gasteiger partial charge >= 0.3 is 0 Å². The van der Waals surface area contributed by atoms with Crippen LogP contribution in [0.3, 0.4) is 0 Å². The van der Waals surface area contributed by atoms with Crippen molar-refractivity contribution in [3.63, 3.8) is 0 Å². The summed E-state index contributed by atoms with van der Waals surface area (Å²) in [6.07, 6.45) is 8.74. The van der Waals surface area contributed by atoms with Crippen molar-refractivity contribution in [1.82, 2.24) is 0 Å². The quantitative estimate of drug-likeness (QED) is 0.727. The molecule has 18 heavy (non-hydrogen) atoms. The van der Waals surface area contributed by atoms with Gasteiger partial charge in [0.05, 0.1) is 16.8 Å². The monoisotopic (exact) mass is 254 g/mol. The van der Waals surface area contributed by atoms with Gasteiger partial charge in [0.1, 0.15) is 0 Å². The second kappa shape index (κ2) is 4.79. The van der Waals surface area contributed by atoms with Crippen LogP contribution in [-0.2, 0) is 9.47 Å². The minimum Gasteiger partial charge on any atom is -0.379 e. The van der Waals surface area contributed by atoms with Crippen molar-refractivity contribution in [3.05, 3.63) is 0 Å². The Morgan fingerprint density at radius 3 is 2.33 bits per heavy atom. The van der Waals surface area contributed by atoms with E-state index in [9.17, 15) is 0 Å². The summed E-state index contributed by atoms with van der Waals surface area (Å²) in [5, 5.41) is 0. The lowest BCUT2D eigenvalue weighted by Crippen LogP contribution is -2.55. The van der Waals surface area contributed by atoms with Gasteiger partial charge in [0.25, 0.3) is 0 Å². The van der Waals surface area contributed by atoms with E-state index in [1.54, 1.807) is 0 Å². The maximum absolute atomic E-state index is 6.47. The minimum absolute atomic E-state index is 0.00788. The van der Waals surface area contributed by atoms with Gasteiger partial charge in [0.2, 0.25) is 0 Å². The number of methoxy groups -OCH3 is 1. The third kappa shape index (κ3) is 2.91. The standard InChI is InChI=1S/C16H30O2/c1-14(2,17-5)9-6-10-16(4)13-7-11-15(3,18-16)12-8-13/h13H,6-12H2,1-5H3. The first-order chi connectivity index (χ1) is 8.29. The Morgan fingerprint density at radius 1 is 1.22 bits per heavy atom. The van der Waals surface area contributed by atoms with Crippen LogP contribution in [-0.4, -0.2) is 23.9 Å². The van der Waals surface area contributed by atoms with Gasteiger partial charge in [-0.2, -0.15) is 0 Å². The SMILES string of the molecule is COC(C)(C)CCCC1(C)OC2(C)CCC1CC2. The molecule has 3 fully saturated rings. The molecule has 2 heterocycles. The molecular formula is C16H30O2. The molecule has 0 radical (unpaired) electrons. The summed E-state index contributed by atoms with van der Waals surface area (Å²) in [5.41, 5.74) is 0.295. The lowest BCUT2D eigenvalue weighted by atomic mass is 9.67. The van der Waals surface area contributed by atoms with E-state index < -0.39 is 0 Å². The number of hydrogen-bond donors (Lipinski definition) is 0. The molecular weight excluding hydrogens is 224 g/mol. The predicted molar refractivity (Wildman–Crippen MR) is 74.8 cm³/mol. The Balaban J connectivity index is 1.89. The molecule has 0 amide bonds. The molecule has 0 spiro atoms. The van der Waals surface area contributed by atoms with Crippen molar-refractivity contribution in [1.29, 1.82) is 0 Å². The summed E-state index contributed by atoms with van der Waals surface area (Å²) in [7, 11) is 1.81. The van der Waals surface area contributed by atoms with E-state index in [2.05, 4.69) is 27.7 Å². The largest absolute Gasteiger partial charge is 0.379 e. The van der Waals surface area contributed by atoms with Gasteiger partial charge in [0.15, 0.2) is 0 Å². The first-order valence-electron chi connectivity index (χ1n) is 7.54. The van der Waals surface area contributed by atoms with Gasteiger partial charge < -0.3 is 9.47 Å². The van der Waals surface area contributed by atoms with Crippen molar-refractivity contribution in [2.24, 2.45) is 5.92 Å². The van der Waals surface area contributed by atoms with Crippen molar-refractivity contribution in [3.8, 4) is 0 Å². The van der Waals surface area contributed by atoms with Crippen LogP contribution >= 0.6 is 0 Å². The van der Waals surface area contributed by atoms with Crippen LogP contribution in [0.2, 0.25) is 0 Å². The Labute approximate surface area is 112 Å². The van der Waals surface area contributed by atoms with E-state index in [4.69, 9.17) is 9.47 Å². The second-order valence-electron chi connectivity index (χ2n) is 7.46. The molecule has 0 aromatic rings. The van der Waals surface area contributed by atoms with Crippen molar-refractivity contribution < 1.29 is 9.47 Å². The normalized spacial score (nSPS) is 40.2. The molecule has 106 valence electrons. The van der Waals surface area contributed by atoms with Crippen LogP contribution in [0.1, 0.15) is 72.6 Å². The molecule has 1 aliphatic carbocycles.